The lowest BCUT2D eigenvalue weighted by atomic mass is 10.1. The number of nitrogens with one attached hydrogen (secondary N) is 1. The molecular formula is C17H12N4O. The molecule has 2 aromatic carbocycles. The van der Waals surface area contributed by atoms with Gasteiger partial charge < -0.3 is 5.32 Å². The van der Waals surface area contributed by atoms with E-state index in [9.17, 15) is 4.79 Å². The zero-order valence-electron chi connectivity index (χ0n) is 11.6. The molecule has 1 aromatic heterocycles. The zero-order chi connectivity index (χ0) is 15.4. The monoisotopic (exact) mass is 288 g/mol. The lowest BCUT2D eigenvalue weighted by molar-refractivity contribution is 0.102. The molecule has 0 saturated heterocycles. The maximum atomic E-state index is 12.2. The second-order valence-corrected chi connectivity index (χ2v) is 4.64. The first-order valence-corrected chi connectivity index (χ1v) is 6.68. The highest BCUT2D eigenvalue weighted by Crippen LogP contribution is 2.14. The average Bonchev–Trinajstić information content (AvgIpc) is 3.10. The summed E-state index contributed by atoms with van der Waals surface area (Å²) in [7, 11) is 0. The number of aromatic nitrogens is 2. The second kappa shape index (κ2) is 5.94. The number of hydrogen-bond donors (Lipinski definition) is 1. The third-order valence-corrected chi connectivity index (χ3v) is 3.15. The van der Waals surface area contributed by atoms with Crippen molar-refractivity contribution in [3.05, 3.63) is 78.1 Å². The number of carbonyl (C=O) groups excluding carboxylic acids is 1. The minimum Gasteiger partial charge on any atom is -0.322 e. The van der Waals surface area contributed by atoms with E-state index in [0.29, 0.717) is 16.8 Å². The standard InChI is InChI=1S/C17H12N4O/c18-12-13-3-1-4-14(11-13)17(22)20-15-5-7-16(8-6-15)21-10-2-9-19-21/h1-11H,(H,20,22). The molecule has 106 valence electrons. The lowest BCUT2D eigenvalue weighted by Gasteiger charge is -2.07. The van der Waals surface area contributed by atoms with Crippen LogP contribution < -0.4 is 5.32 Å². The molecular weight excluding hydrogens is 276 g/mol. The summed E-state index contributed by atoms with van der Waals surface area (Å²) in [5.74, 6) is -0.246. The van der Waals surface area contributed by atoms with E-state index in [4.69, 9.17) is 5.26 Å². The number of hydrogen-bond acceptors (Lipinski definition) is 3. The summed E-state index contributed by atoms with van der Waals surface area (Å²) < 4.78 is 1.74. The Labute approximate surface area is 127 Å². The summed E-state index contributed by atoms with van der Waals surface area (Å²) in [5.41, 5.74) is 2.51. The van der Waals surface area contributed by atoms with Crippen LogP contribution in [0.1, 0.15) is 15.9 Å². The van der Waals surface area contributed by atoms with Gasteiger partial charge in [0.05, 0.1) is 17.3 Å². The van der Waals surface area contributed by atoms with Gasteiger partial charge in [0, 0.05) is 23.6 Å². The normalized spacial score (nSPS) is 9.95. The van der Waals surface area contributed by atoms with Crippen molar-refractivity contribution in [3.63, 3.8) is 0 Å². The quantitative estimate of drug-likeness (QED) is 0.805. The average molecular weight is 288 g/mol. The number of benzene rings is 2. The Balaban J connectivity index is 1.75. The fourth-order valence-electron chi connectivity index (χ4n) is 2.05. The molecule has 0 atom stereocenters. The van der Waals surface area contributed by atoms with Gasteiger partial charge in [-0.3, -0.25) is 4.79 Å². The van der Waals surface area contributed by atoms with E-state index in [1.165, 1.54) is 0 Å². The fourth-order valence-corrected chi connectivity index (χ4v) is 2.05. The summed E-state index contributed by atoms with van der Waals surface area (Å²) in [6.45, 7) is 0. The highest BCUT2D eigenvalue weighted by atomic mass is 16.1. The Morgan fingerprint density at radius 3 is 2.64 bits per heavy atom. The number of anilines is 1. The van der Waals surface area contributed by atoms with Crippen LogP contribution in [0.4, 0.5) is 5.69 Å². The van der Waals surface area contributed by atoms with Gasteiger partial charge in [-0.05, 0) is 48.5 Å². The van der Waals surface area contributed by atoms with Gasteiger partial charge in [-0.25, -0.2) is 4.68 Å². The van der Waals surface area contributed by atoms with Gasteiger partial charge in [0.25, 0.3) is 5.91 Å². The molecule has 0 radical (unpaired) electrons. The Kier molecular flexibility index (Phi) is 3.67. The molecule has 0 saturated carbocycles. The van der Waals surface area contributed by atoms with E-state index < -0.39 is 0 Å². The maximum Gasteiger partial charge on any atom is 0.255 e. The summed E-state index contributed by atoms with van der Waals surface area (Å²) in [6.07, 6.45) is 3.55. The fraction of sp³-hybridized carbons (Fsp3) is 0. The van der Waals surface area contributed by atoms with E-state index in [1.54, 1.807) is 35.1 Å². The number of rotatable bonds is 3. The van der Waals surface area contributed by atoms with Gasteiger partial charge in [-0.2, -0.15) is 10.4 Å². The predicted molar refractivity (Wildman–Crippen MR) is 82.7 cm³/mol. The molecule has 0 aliphatic carbocycles. The molecule has 22 heavy (non-hydrogen) atoms. The second-order valence-electron chi connectivity index (χ2n) is 4.64. The topological polar surface area (TPSA) is 70.7 Å². The predicted octanol–water partition coefficient (Wildman–Crippen LogP) is 3.00. The number of nitriles is 1. The molecule has 1 N–H and O–H groups in total. The number of carbonyl (C=O) groups is 1. The molecule has 0 unspecified atom stereocenters. The van der Waals surface area contributed by atoms with Crippen LogP contribution in [-0.2, 0) is 0 Å². The van der Waals surface area contributed by atoms with E-state index in [1.807, 2.05) is 42.6 Å². The van der Waals surface area contributed by atoms with Crippen LogP contribution in [0.5, 0.6) is 0 Å². The lowest BCUT2D eigenvalue weighted by Crippen LogP contribution is -2.12. The molecule has 1 heterocycles. The van der Waals surface area contributed by atoms with Crippen LogP contribution in [-0.4, -0.2) is 15.7 Å². The van der Waals surface area contributed by atoms with Gasteiger partial charge in [0.1, 0.15) is 0 Å². The van der Waals surface area contributed by atoms with Crippen LogP contribution >= 0.6 is 0 Å². The SMILES string of the molecule is N#Cc1cccc(C(=O)Nc2ccc(-n3cccn3)cc2)c1. The number of amides is 1. The molecule has 1 amide bonds. The zero-order valence-corrected chi connectivity index (χ0v) is 11.6. The summed E-state index contributed by atoms with van der Waals surface area (Å²) in [4.78, 5) is 12.2. The van der Waals surface area contributed by atoms with Crippen molar-refractivity contribution in [3.8, 4) is 11.8 Å². The van der Waals surface area contributed by atoms with Crippen LogP contribution in [0.15, 0.2) is 67.0 Å². The summed E-state index contributed by atoms with van der Waals surface area (Å²) in [5, 5.41) is 15.8. The molecule has 0 aliphatic heterocycles. The van der Waals surface area contributed by atoms with Crippen molar-refractivity contribution >= 4 is 11.6 Å². The maximum absolute atomic E-state index is 12.2. The molecule has 3 aromatic rings. The Hall–Kier alpha value is -3.39. The molecule has 5 nitrogen and oxygen atoms in total. The highest BCUT2D eigenvalue weighted by Gasteiger charge is 2.07. The van der Waals surface area contributed by atoms with E-state index >= 15 is 0 Å². The Morgan fingerprint density at radius 1 is 1.14 bits per heavy atom. The van der Waals surface area contributed by atoms with Crippen molar-refractivity contribution in [2.75, 3.05) is 5.32 Å². The van der Waals surface area contributed by atoms with E-state index in [0.717, 1.165) is 5.69 Å². The van der Waals surface area contributed by atoms with Crippen LogP contribution in [0.3, 0.4) is 0 Å². The Bertz CT molecular complexity index is 830. The molecule has 0 bridgehead atoms. The molecule has 0 fully saturated rings. The van der Waals surface area contributed by atoms with Crippen LogP contribution in [0.25, 0.3) is 5.69 Å². The summed E-state index contributed by atoms with van der Waals surface area (Å²) >= 11 is 0. The van der Waals surface area contributed by atoms with E-state index in [2.05, 4.69) is 10.4 Å². The third kappa shape index (κ3) is 2.86. The highest BCUT2D eigenvalue weighted by molar-refractivity contribution is 6.04. The molecule has 5 heteroatoms. The minimum atomic E-state index is -0.246. The van der Waals surface area contributed by atoms with Crippen molar-refractivity contribution in [1.82, 2.24) is 9.78 Å². The van der Waals surface area contributed by atoms with Gasteiger partial charge in [-0.1, -0.05) is 6.07 Å². The largest absolute Gasteiger partial charge is 0.322 e. The number of nitrogens with zero attached hydrogens (tertiary/aromatic N) is 3. The van der Waals surface area contributed by atoms with Crippen LogP contribution in [0, 0.1) is 11.3 Å². The van der Waals surface area contributed by atoms with Gasteiger partial charge in [0.2, 0.25) is 0 Å². The van der Waals surface area contributed by atoms with Gasteiger partial charge >= 0.3 is 0 Å². The van der Waals surface area contributed by atoms with Gasteiger partial charge in [-0.15, -0.1) is 0 Å². The van der Waals surface area contributed by atoms with Crippen molar-refractivity contribution < 1.29 is 4.79 Å². The Morgan fingerprint density at radius 2 is 1.95 bits per heavy atom. The summed E-state index contributed by atoms with van der Waals surface area (Å²) in [6, 6.07) is 17.8. The van der Waals surface area contributed by atoms with Crippen molar-refractivity contribution in [2.24, 2.45) is 0 Å². The van der Waals surface area contributed by atoms with E-state index in [-0.39, 0.29) is 5.91 Å². The molecule has 0 spiro atoms. The first-order chi connectivity index (χ1) is 10.8. The third-order valence-electron chi connectivity index (χ3n) is 3.15. The van der Waals surface area contributed by atoms with Crippen LogP contribution in [0.2, 0.25) is 0 Å². The first-order valence-electron chi connectivity index (χ1n) is 6.68. The van der Waals surface area contributed by atoms with Gasteiger partial charge in [0.15, 0.2) is 0 Å². The van der Waals surface area contributed by atoms with Crippen molar-refractivity contribution in [1.29, 1.82) is 5.26 Å². The van der Waals surface area contributed by atoms with Crippen molar-refractivity contribution in [2.45, 2.75) is 0 Å². The smallest absolute Gasteiger partial charge is 0.255 e. The first kappa shape index (κ1) is 13.6. The molecule has 3 rings (SSSR count). The molecule has 0 aliphatic rings. The minimum absolute atomic E-state index is 0.246.